The van der Waals surface area contributed by atoms with Crippen molar-refractivity contribution in [2.45, 2.75) is 25.9 Å². The summed E-state index contributed by atoms with van der Waals surface area (Å²) in [7, 11) is 0. The molecule has 1 atom stereocenters. The maximum atomic E-state index is 9.11. The van der Waals surface area contributed by atoms with Crippen molar-refractivity contribution in [2.75, 3.05) is 26.2 Å². The lowest BCUT2D eigenvalue weighted by molar-refractivity contribution is 0.108. The molecular formula is C15H19Cl2N3. The molecule has 5 heteroatoms. The van der Waals surface area contributed by atoms with Crippen LogP contribution < -0.4 is 0 Å². The summed E-state index contributed by atoms with van der Waals surface area (Å²) in [5, 5.41) is 10.6. The van der Waals surface area contributed by atoms with Crippen molar-refractivity contribution >= 4 is 23.2 Å². The highest BCUT2D eigenvalue weighted by Crippen LogP contribution is 2.26. The lowest BCUT2D eigenvalue weighted by Crippen LogP contribution is -2.49. The average molecular weight is 312 g/mol. The van der Waals surface area contributed by atoms with Crippen LogP contribution in [0, 0.1) is 11.3 Å². The maximum Gasteiger partial charge on any atom is 0.0976 e. The van der Waals surface area contributed by atoms with Crippen LogP contribution in [0.3, 0.4) is 0 Å². The van der Waals surface area contributed by atoms with Gasteiger partial charge in [0.1, 0.15) is 0 Å². The van der Waals surface area contributed by atoms with E-state index in [0.29, 0.717) is 0 Å². The van der Waals surface area contributed by atoms with Crippen molar-refractivity contribution in [3.8, 4) is 6.07 Å². The van der Waals surface area contributed by atoms with Gasteiger partial charge in [-0.15, -0.1) is 0 Å². The Morgan fingerprint density at radius 3 is 2.30 bits per heavy atom. The third-order valence-corrected chi connectivity index (χ3v) is 4.54. The van der Waals surface area contributed by atoms with Gasteiger partial charge in [-0.25, -0.2) is 0 Å². The van der Waals surface area contributed by atoms with Gasteiger partial charge in [0.05, 0.1) is 12.1 Å². The largest absolute Gasteiger partial charge is 0.296 e. The summed E-state index contributed by atoms with van der Waals surface area (Å²) in [4.78, 5) is 4.60. The van der Waals surface area contributed by atoms with Crippen molar-refractivity contribution < 1.29 is 0 Å². The molecule has 0 spiro atoms. The van der Waals surface area contributed by atoms with Gasteiger partial charge in [0.2, 0.25) is 0 Å². The third kappa shape index (κ3) is 3.65. The lowest BCUT2D eigenvalue weighted by atomic mass is 10.1. The number of hydrogen-bond acceptors (Lipinski definition) is 3. The predicted octanol–water partition coefficient (Wildman–Crippen LogP) is 3.41. The number of nitrogens with zero attached hydrogens (tertiary/aromatic N) is 3. The van der Waals surface area contributed by atoms with Crippen LogP contribution in [0.25, 0.3) is 0 Å². The Kier molecular flexibility index (Phi) is 5.68. The van der Waals surface area contributed by atoms with Crippen LogP contribution in [0.5, 0.6) is 0 Å². The van der Waals surface area contributed by atoms with Crippen molar-refractivity contribution in [3.63, 3.8) is 0 Å². The van der Waals surface area contributed by atoms with Gasteiger partial charge in [0.15, 0.2) is 0 Å². The van der Waals surface area contributed by atoms with Crippen LogP contribution in [-0.2, 0) is 6.54 Å². The first-order valence-corrected chi connectivity index (χ1v) is 7.70. The Bertz CT molecular complexity index is 470. The molecule has 0 radical (unpaired) electrons. The number of halogens is 2. The van der Waals surface area contributed by atoms with Crippen molar-refractivity contribution in [1.82, 2.24) is 9.80 Å². The molecule has 1 aromatic carbocycles. The van der Waals surface area contributed by atoms with Crippen LogP contribution >= 0.6 is 23.2 Å². The van der Waals surface area contributed by atoms with Gasteiger partial charge in [-0.3, -0.25) is 9.80 Å². The van der Waals surface area contributed by atoms with E-state index in [1.54, 1.807) is 0 Å². The Morgan fingerprint density at radius 1 is 1.20 bits per heavy atom. The molecule has 1 aliphatic heterocycles. The van der Waals surface area contributed by atoms with E-state index in [1.165, 1.54) is 0 Å². The van der Waals surface area contributed by atoms with Crippen LogP contribution in [0.1, 0.15) is 18.9 Å². The summed E-state index contributed by atoms with van der Waals surface area (Å²) in [5.74, 6) is 0. The molecule has 0 saturated carbocycles. The van der Waals surface area contributed by atoms with Crippen LogP contribution in [0.2, 0.25) is 10.0 Å². The fraction of sp³-hybridized carbons (Fsp3) is 0.533. The fourth-order valence-electron chi connectivity index (χ4n) is 2.57. The fourth-order valence-corrected chi connectivity index (χ4v) is 3.09. The van der Waals surface area contributed by atoms with Gasteiger partial charge in [-0.05, 0) is 18.6 Å². The summed E-state index contributed by atoms with van der Waals surface area (Å²) in [6, 6.07) is 8.03. The number of piperazine rings is 1. The molecule has 20 heavy (non-hydrogen) atoms. The second-order valence-corrected chi connectivity index (χ2v) is 5.88. The van der Waals surface area contributed by atoms with E-state index < -0.39 is 0 Å². The summed E-state index contributed by atoms with van der Waals surface area (Å²) in [5.41, 5.74) is 0.997. The van der Waals surface area contributed by atoms with Gasteiger partial charge in [0, 0.05) is 48.3 Å². The van der Waals surface area contributed by atoms with Gasteiger partial charge in [-0.2, -0.15) is 5.26 Å². The van der Waals surface area contributed by atoms with E-state index in [1.807, 2.05) is 18.2 Å². The molecule has 1 fully saturated rings. The molecule has 1 unspecified atom stereocenters. The predicted molar refractivity (Wildman–Crippen MR) is 83.0 cm³/mol. The minimum atomic E-state index is 0.0426. The molecule has 0 amide bonds. The van der Waals surface area contributed by atoms with Crippen LogP contribution in [-0.4, -0.2) is 42.0 Å². The van der Waals surface area contributed by atoms with Gasteiger partial charge in [0.25, 0.3) is 0 Å². The normalized spacial score (nSPS) is 18.7. The van der Waals surface area contributed by atoms with E-state index in [-0.39, 0.29) is 6.04 Å². The van der Waals surface area contributed by atoms with E-state index in [9.17, 15) is 0 Å². The second kappa shape index (κ2) is 7.28. The molecule has 2 rings (SSSR count). The Labute approximate surface area is 130 Å². The van der Waals surface area contributed by atoms with E-state index in [0.717, 1.165) is 54.8 Å². The molecule has 1 aliphatic rings. The topological polar surface area (TPSA) is 30.3 Å². The summed E-state index contributed by atoms with van der Waals surface area (Å²) in [6.07, 6.45) is 0.882. The highest BCUT2D eigenvalue weighted by atomic mass is 35.5. The zero-order chi connectivity index (χ0) is 14.5. The van der Waals surface area contributed by atoms with Gasteiger partial charge in [-0.1, -0.05) is 36.2 Å². The first-order chi connectivity index (χ1) is 9.65. The Hall–Kier alpha value is -0.790. The van der Waals surface area contributed by atoms with Gasteiger partial charge >= 0.3 is 0 Å². The number of hydrogen-bond donors (Lipinski definition) is 0. The smallest absolute Gasteiger partial charge is 0.0976 e. The average Bonchev–Trinajstić information content (AvgIpc) is 2.46. The van der Waals surface area contributed by atoms with E-state index in [4.69, 9.17) is 28.5 Å². The summed E-state index contributed by atoms with van der Waals surface area (Å²) in [6.45, 7) is 6.57. The molecule has 0 aliphatic carbocycles. The minimum absolute atomic E-state index is 0.0426. The molecule has 1 heterocycles. The number of nitriles is 1. The third-order valence-electron chi connectivity index (χ3n) is 3.83. The molecule has 0 N–H and O–H groups in total. The molecule has 0 aromatic heterocycles. The van der Waals surface area contributed by atoms with Crippen molar-refractivity contribution in [3.05, 3.63) is 33.8 Å². The standard InChI is InChI=1S/C15H19Cl2N3/c1-2-12(10-18)20-8-6-19(7-9-20)11-13-14(16)4-3-5-15(13)17/h3-5,12H,2,6-9,11H2,1H3. The molecular weight excluding hydrogens is 293 g/mol. The highest BCUT2D eigenvalue weighted by molar-refractivity contribution is 6.35. The zero-order valence-corrected chi connectivity index (χ0v) is 13.2. The minimum Gasteiger partial charge on any atom is -0.296 e. The quantitative estimate of drug-likeness (QED) is 0.853. The lowest BCUT2D eigenvalue weighted by Gasteiger charge is -2.36. The monoisotopic (exact) mass is 311 g/mol. The Balaban J connectivity index is 1.94. The summed E-state index contributed by atoms with van der Waals surface area (Å²) >= 11 is 12.4. The Morgan fingerprint density at radius 2 is 1.80 bits per heavy atom. The van der Waals surface area contributed by atoms with E-state index >= 15 is 0 Å². The van der Waals surface area contributed by atoms with Crippen LogP contribution in [0.4, 0.5) is 0 Å². The van der Waals surface area contributed by atoms with Crippen molar-refractivity contribution in [2.24, 2.45) is 0 Å². The number of benzene rings is 1. The maximum absolute atomic E-state index is 9.11. The van der Waals surface area contributed by atoms with E-state index in [2.05, 4.69) is 22.8 Å². The molecule has 1 aromatic rings. The SMILES string of the molecule is CCC(C#N)N1CCN(Cc2c(Cl)cccc2Cl)CC1. The second-order valence-electron chi connectivity index (χ2n) is 5.07. The number of rotatable bonds is 4. The first kappa shape index (κ1) is 15.6. The highest BCUT2D eigenvalue weighted by Gasteiger charge is 2.23. The zero-order valence-electron chi connectivity index (χ0n) is 11.6. The van der Waals surface area contributed by atoms with Crippen molar-refractivity contribution in [1.29, 1.82) is 5.26 Å². The first-order valence-electron chi connectivity index (χ1n) is 6.94. The molecule has 1 saturated heterocycles. The van der Waals surface area contributed by atoms with Gasteiger partial charge < -0.3 is 0 Å². The molecule has 0 bridgehead atoms. The summed E-state index contributed by atoms with van der Waals surface area (Å²) < 4.78 is 0. The molecule has 108 valence electrons. The molecule has 3 nitrogen and oxygen atoms in total. The van der Waals surface area contributed by atoms with Crippen LogP contribution in [0.15, 0.2) is 18.2 Å².